The van der Waals surface area contributed by atoms with E-state index in [0.29, 0.717) is 11.9 Å². The summed E-state index contributed by atoms with van der Waals surface area (Å²) in [6, 6.07) is 8.28. The summed E-state index contributed by atoms with van der Waals surface area (Å²) in [7, 11) is 1.63. The van der Waals surface area contributed by atoms with Gasteiger partial charge < -0.3 is 14.5 Å². The zero-order chi connectivity index (χ0) is 14.2. The number of methoxy groups -OCH3 is 1. The van der Waals surface area contributed by atoms with Gasteiger partial charge in [0.05, 0.1) is 13.4 Å². The number of pyridine rings is 1. The van der Waals surface area contributed by atoms with Crippen molar-refractivity contribution in [1.82, 2.24) is 10.3 Å². The highest BCUT2D eigenvalue weighted by atomic mass is 16.5. The highest BCUT2D eigenvalue weighted by Gasteiger charge is 2.12. The van der Waals surface area contributed by atoms with Gasteiger partial charge in [0, 0.05) is 24.7 Å². The lowest BCUT2D eigenvalue weighted by Gasteiger charge is -2.17. The molecule has 0 fully saturated rings. The van der Waals surface area contributed by atoms with Crippen molar-refractivity contribution in [2.24, 2.45) is 0 Å². The molecule has 2 heterocycles. The minimum atomic E-state index is 0.358. The fraction of sp³-hybridized carbons (Fsp3) is 0.438. The van der Waals surface area contributed by atoms with Crippen LogP contribution in [0.25, 0.3) is 0 Å². The predicted octanol–water partition coefficient (Wildman–Crippen LogP) is 2.84. The highest BCUT2D eigenvalue weighted by molar-refractivity contribution is 5.19. The number of furan rings is 1. The second kappa shape index (κ2) is 7.70. The summed E-state index contributed by atoms with van der Waals surface area (Å²) in [5.41, 5.74) is 1.20. The Hall–Kier alpha value is -1.81. The van der Waals surface area contributed by atoms with Crippen LogP contribution in [0.3, 0.4) is 0 Å². The van der Waals surface area contributed by atoms with Crippen molar-refractivity contribution in [3.8, 4) is 5.88 Å². The average Bonchev–Trinajstić information content (AvgIpc) is 2.98. The van der Waals surface area contributed by atoms with E-state index >= 15 is 0 Å². The summed E-state index contributed by atoms with van der Waals surface area (Å²) >= 11 is 0. The van der Waals surface area contributed by atoms with Crippen LogP contribution in [0.1, 0.15) is 24.7 Å². The van der Waals surface area contributed by atoms with Crippen LogP contribution in [0.2, 0.25) is 0 Å². The fourth-order valence-electron chi connectivity index (χ4n) is 2.17. The Kier molecular flexibility index (Phi) is 5.62. The van der Waals surface area contributed by atoms with Gasteiger partial charge in [0.1, 0.15) is 5.76 Å². The third-order valence-electron chi connectivity index (χ3n) is 3.20. The Morgan fingerprint density at radius 1 is 1.30 bits per heavy atom. The summed E-state index contributed by atoms with van der Waals surface area (Å²) < 4.78 is 10.5. The molecule has 2 aromatic heterocycles. The second-order valence-corrected chi connectivity index (χ2v) is 4.85. The minimum Gasteiger partial charge on any atom is -0.481 e. The van der Waals surface area contributed by atoms with Crippen molar-refractivity contribution in [2.75, 3.05) is 13.7 Å². The van der Waals surface area contributed by atoms with Crippen LogP contribution in [0.4, 0.5) is 0 Å². The molecule has 0 aromatic carbocycles. The normalized spacial score (nSPS) is 12.3. The van der Waals surface area contributed by atoms with Gasteiger partial charge >= 0.3 is 0 Å². The lowest BCUT2D eigenvalue weighted by molar-refractivity contribution is 0.397. The van der Waals surface area contributed by atoms with E-state index in [2.05, 4.69) is 23.3 Å². The van der Waals surface area contributed by atoms with Gasteiger partial charge in [0.15, 0.2) is 0 Å². The van der Waals surface area contributed by atoms with Crippen LogP contribution in [0.5, 0.6) is 5.88 Å². The molecule has 0 aliphatic heterocycles. The van der Waals surface area contributed by atoms with E-state index in [9.17, 15) is 0 Å². The quantitative estimate of drug-likeness (QED) is 0.804. The summed E-state index contributed by atoms with van der Waals surface area (Å²) in [6.07, 6.45) is 6.54. The van der Waals surface area contributed by atoms with E-state index < -0.39 is 0 Å². The summed E-state index contributed by atoms with van der Waals surface area (Å²) in [4.78, 5) is 4.25. The van der Waals surface area contributed by atoms with E-state index in [1.165, 1.54) is 5.56 Å². The van der Waals surface area contributed by atoms with Gasteiger partial charge in [-0.1, -0.05) is 13.0 Å². The molecule has 0 aliphatic carbocycles. The Morgan fingerprint density at radius 2 is 2.20 bits per heavy atom. The van der Waals surface area contributed by atoms with Crippen LogP contribution in [-0.2, 0) is 12.8 Å². The first kappa shape index (κ1) is 14.6. The van der Waals surface area contributed by atoms with Gasteiger partial charge in [-0.2, -0.15) is 0 Å². The van der Waals surface area contributed by atoms with Crippen LogP contribution < -0.4 is 10.1 Å². The van der Waals surface area contributed by atoms with Gasteiger partial charge in [-0.3, -0.25) is 0 Å². The SMILES string of the molecule is CCCNC(Cc1ccc(OC)nc1)Cc1ccco1. The number of hydrogen-bond acceptors (Lipinski definition) is 4. The molecule has 0 saturated carbocycles. The third kappa shape index (κ3) is 4.38. The molecule has 20 heavy (non-hydrogen) atoms. The maximum atomic E-state index is 5.44. The van der Waals surface area contributed by atoms with E-state index in [1.54, 1.807) is 13.4 Å². The molecular weight excluding hydrogens is 252 g/mol. The molecule has 0 amide bonds. The summed E-state index contributed by atoms with van der Waals surface area (Å²) in [6.45, 7) is 3.18. The maximum Gasteiger partial charge on any atom is 0.212 e. The lowest BCUT2D eigenvalue weighted by Crippen LogP contribution is -2.33. The Labute approximate surface area is 120 Å². The molecule has 0 saturated heterocycles. The van der Waals surface area contributed by atoms with Crippen LogP contribution in [0, 0.1) is 0 Å². The molecule has 0 aliphatic rings. The monoisotopic (exact) mass is 274 g/mol. The number of rotatable bonds is 8. The van der Waals surface area contributed by atoms with Crippen LogP contribution in [-0.4, -0.2) is 24.7 Å². The first-order valence-corrected chi connectivity index (χ1v) is 7.06. The number of ether oxygens (including phenoxy) is 1. The fourth-order valence-corrected chi connectivity index (χ4v) is 2.17. The first-order chi connectivity index (χ1) is 9.81. The molecule has 2 aromatic rings. The van der Waals surface area contributed by atoms with Crippen molar-refractivity contribution >= 4 is 0 Å². The van der Waals surface area contributed by atoms with E-state index in [0.717, 1.165) is 31.6 Å². The van der Waals surface area contributed by atoms with Crippen molar-refractivity contribution in [2.45, 2.75) is 32.2 Å². The molecular formula is C16H22N2O2. The van der Waals surface area contributed by atoms with E-state index in [-0.39, 0.29) is 0 Å². The summed E-state index contributed by atoms with van der Waals surface area (Å²) in [5.74, 6) is 1.66. The molecule has 2 rings (SSSR count). The Bertz CT molecular complexity index is 480. The van der Waals surface area contributed by atoms with Gasteiger partial charge in [-0.25, -0.2) is 4.98 Å². The molecule has 1 unspecified atom stereocenters. The first-order valence-electron chi connectivity index (χ1n) is 7.06. The maximum absolute atomic E-state index is 5.44. The molecule has 4 heteroatoms. The van der Waals surface area contributed by atoms with Gasteiger partial charge in [-0.05, 0) is 37.1 Å². The van der Waals surface area contributed by atoms with Crippen molar-refractivity contribution in [3.05, 3.63) is 48.0 Å². The largest absolute Gasteiger partial charge is 0.481 e. The summed E-state index contributed by atoms with van der Waals surface area (Å²) in [5, 5.41) is 3.57. The molecule has 108 valence electrons. The molecule has 1 N–H and O–H groups in total. The van der Waals surface area contributed by atoms with Crippen molar-refractivity contribution in [1.29, 1.82) is 0 Å². The smallest absolute Gasteiger partial charge is 0.212 e. The second-order valence-electron chi connectivity index (χ2n) is 4.85. The number of hydrogen-bond donors (Lipinski definition) is 1. The predicted molar refractivity (Wildman–Crippen MR) is 79.0 cm³/mol. The molecule has 0 bridgehead atoms. The zero-order valence-corrected chi connectivity index (χ0v) is 12.1. The molecule has 0 spiro atoms. The number of nitrogens with one attached hydrogen (secondary N) is 1. The lowest BCUT2D eigenvalue weighted by atomic mass is 10.0. The highest BCUT2D eigenvalue weighted by Crippen LogP contribution is 2.12. The molecule has 4 nitrogen and oxygen atoms in total. The Balaban J connectivity index is 1.98. The van der Waals surface area contributed by atoms with Gasteiger partial charge in [0.2, 0.25) is 5.88 Å². The van der Waals surface area contributed by atoms with Gasteiger partial charge in [0.25, 0.3) is 0 Å². The standard InChI is InChI=1S/C16H22N2O2/c1-3-8-17-14(11-15-5-4-9-20-15)10-13-6-7-16(19-2)18-12-13/h4-7,9,12,14,17H,3,8,10-11H2,1-2H3. The van der Waals surface area contributed by atoms with Crippen molar-refractivity contribution < 1.29 is 9.15 Å². The number of aromatic nitrogens is 1. The third-order valence-corrected chi connectivity index (χ3v) is 3.20. The van der Waals surface area contributed by atoms with Crippen molar-refractivity contribution in [3.63, 3.8) is 0 Å². The van der Waals surface area contributed by atoms with Crippen LogP contribution in [0.15, 0.2) is 41.1 Å². The minimum absolute atomic E-state index is 0.358. The Morgan fingerprint density at radius 3 is 2.80 bits per heavy atom. The number of nitrogens with zero attached hydrogens (tertiary/aromatic N) is 1. The zero-order valence-electron chi connectivity index (χ0n) is 12.1. The van der Waals surface area contributed by atoms with Gasteiger partial charge in [-0.15, -0.1) is 0 Å². The molecule has 0 radical (unpaired) electrons. The topological polar surface area (TPSA) is 47.3 Å². The van der Waals surface area contributed by atoms with E-state index in [1.807, 2.05) is 24.4 Å². The molecule has 1 atom stereocenters. The van der Waals surface area contributed by atoms with Crippen LogP contribution >= 0.6 is 0 Å². The van der Waals surface area contributed by atoms with E-state index in [4.69, 9.17) is 9.15 Å². The average molecular weight is 274 g/mol.